The predicted molar refractivity (Wildman–Crippen MR) is 76.7 cm³/mol. The number of benzene rings is 1. The minimum atomic E-state index is -3.95. The van der Waals surface area contributed by atoms with Crippen LogP contribution in [0.3, 0.4) is 0 Å². The summed E-state index contributed by atoms with van der Waals surface area (Å²) in [5.74, 6) is 0.282. The summed E-state index contributed by atoms with van der Waals surface area (Å²) >= 11 is 0. The van der Waals surface area contributed by atoms with Crippen LogP contribution in [-0.4, -0.2) is 21.4 Å². The van der Waals surface area contributed by atoms with Gasteiger partial charge in [-0.25, -0.2) is 8.42 Å². The van der Waals surface area contributed by atoms with Gasteiger partial charge in [0.25, 0.3) is 9.05 Å². The molecule has 7 heteroatoms. The second-order valence-electron chi connectivity index (χ2n) is 5.09. The van der Waals surface area contributed by atoms with Crippen molar-refractivity contribution in [2.24, 2.45) is 11.8 Å². The normalized spacial score (nSPS) is 21.4. The van der Waals surface area contributed by atoms with E-state index in [-0.39, 0.29) is 22.5 Å². The van der Waals surface area contributed by atoms with Crippen LogP contribution in [0.2, 0.25) is 0 Å². The summed E-state index contributed by atoms with van der Waals surface area (Å²) in [5.41, 5.74) is 1.000. The largest absolute Gasteiger partial charge is 0.493 e. The van der Waals surface area contributed by atoms with Crippen molar-refractivity contribution in [1.82, 2.24) is 0 Å². The van der Waals surface area contributed by atoms with E-state index in [1.165, 1.54) is 13.2 Å². The highest BCUT2D eigenvalue weighted by molar-refractivity contribution is 8.13. The zero-order valence-electron chi connectivity index (χ0n) is 11.4. The van der Waals surface area contributed by atoms with Gasteiger partial charge in [-0.05, 0) is 37.0 Å². The van der Waals surface area contributed by atoms with E-state index in [2.05, 4.69) is 5.32 Å². The fourth-order valence-corrected chi connectivity index (χ4v) is 3.22. The van der Waals surface area contributed by atoms with Gasteiger partial charge in [0.2, 0.25) is 5.91 Å². The molecule has 1 aromatic rings. The lowest BCUT2D eigenvalue weighted by Crippen LogP contribution is -2.16. The fraction of sp³-hybridized carbons (Fsp3) is 0.462. The van der Waals surface area contributed by atoms with Crippen LogP contribution in [0, 0.1) is 18.8 Å². The molecule has 1 amide bonds. The lowest BCUT2D eigenvalue weighted by Gasteiger charge is -2.14. The average molecular weight is 318 g/mol. The maximum atomic E-state index is 12.0. The Balaban J connectivity index is 2.42. The number of carbonyl (C=O) groups is 1. The summed E-state index contributed by atoms with van der Waals surface area (Å²) < 4.78 is 28.3. The predicted octanol–water partition coefficient (Wildman–Crippen LogP) is 2.53. The Morgan fingerprint density at radius 3 is 2.50 bits per heavy atom. The number of anilines is 1. The molecule has 0 aliphatic heterocycles. The molecule has 20 heavy (non-hydrogen) atoms. The number of halogens is 1. The van der Waals surface area contributed by atoms with Crippen molar-refractivity contribution in [2.75, 3.05) is 12.4 Å². The van der Waals surface area contributed by atoms with Crippen LogP contribution in [0.5, 0.6) is 5.75 Å². The second kappa shape index (κ2) is 5.26. The van der Waals surface area contributed by atoms with Gasteiger partial charge in [-0.3, -0.25) is 4.79 Å². The first-order valence-corrected chi connectivity index (χ1v) is 8.49. The third kappa shape index (κ3) is 3.07. The molecule has 2 rings (SSSR count). The third-order valence-electron chi connectivity index (χ3n) is 3.37. The van der Waals surface area contributed by atoms with Crippen molar-refractivity contribution in [2.45, 2.75) is 25.2 Å². The molecular weight excluding hydrogens is 302 g/mol. The number of methoxy groups -OCH3 is 1. The van der Waals surface area contributed by atoms with Crippen LogP contribution >= 0.6 is 10.7 Å². The molecule has 0 bridgehead atoms. The van der Waals surface area contributed by atoms with Crippen molar-refractivity contribution in [3.05, 3.63) is 17.7 Å². The number of nitrogens with one attached hydrogen (secondary N) is 1. The molecule has 0 aromatic heterocycles. The third-order valence-corrected chi connectivity index (χ3v) is 4.70. The molecule has 1 aliphatic carbocycles. The van der Waals surface area contributed by atoms with Gasteiger partial charge in [0.05, 0.1) is 12.8 Å². The van der Waals surface area contributed by atoms with Crippen molar-refractivity contribution in [3.8, 4) is 5.75 Å². The van der Waals surface area contributed by atoms with Crippen LogP contribution < -0.4 is 10.1 Å². The van der Waals surface area contributed by atoms with E-state index in [9.17, 15) is 13.2 Å². The molecule has 1 aliphatic rings. The summed E-state index contributed by atoms with van der Waals surface area (Å²) in [7, 11) is 2.79. The van der Waals surface area contributed by atoms with Gasteiger partial charge in [0, 0.05) is 16.6 Å². The highest BCUT2D eigenvalue weighted by Gasteiger charge is 2.39. The quantitative estimate of drug-likeness (QED) is 0.866. The molecule has 0 heterocycles. The summed E-state index contributed by atoms with van der Waals surface area (Å²) in [4.78, 5) is 11.8. The Morgan fingerprint density at radius 1 is 1.45 bits per heavy atom. The highest BCUT2D eigenvalue weighted by atomic mass is 35.7. The number of hydrogen-bond donors (Lipinski definition) is 1. The van der Waals surface area contributed by atoms with Gasteiger partial charge in [-0.2, -0.15) is 0 Å². The standard InChI is InChI=1S/C13H16ClNO4S/c1-7-4-10(15-13(16)9-6-8(9)2)12(19-3)11(5-7)20(14,17)18/h4-5,8-9H,6H2,1-3H3,(H,15,16). The van der Waals surface area contributed by atoms with E-state index in [0.717, 1.165) is 6.42 Å². The van der Waals surface area contributed by atoms with Crippen LogP contribution in [0.4, 0.5) is 5.69 Å². The molecule has 0 radical (unpaired) electrons. The fourth-order valence-electron chi connectivity index (χ4n) is 2.14. The molecule has 1 aromatic carbocycles. The van der Waals surface area contributed by atoms with E-state index in [4.69, 9.17) is 15.4 Å². The number of carbonyl (C=O) groups excluding carboxylic acids is 1. The van der Waals surface area contributed by atoms with Gasteiger partial charge in [-0.15, -0.1) is 0 Å². The van der Waals surface area contributed by atoms with Gasteiger partial charge < -0.3 is 10.1 Å². The Labute approximate surface area is 122 Å². The zero-order chi connectivity index (χ0) is 15.1. The second-order valence-corrected chi connectivity index (χ2v) is 7.62. The number of ether oxygens (including phenoxy) is 1. The van der Waals surface area contributed by atoms with Gasteiger partial charge in [0.1, 0.15) is 4.90 Å². The smallest absolute Gasteiger partial charge is 0.265 e. The van der Waals surface area contributed by atoms with E-state index in [1.54, 1.807) is 13.0 Å². The summed E-state index contributed by atoms with van der Waals surface area (Å²) in [6.45, 7) is 3.72. The molecule has 0 spiro atoms. The van der Waals surface area contributed by atoms with Crippen molar-refractivity contribution >= 4 is 31.3 Å². The number of amides is 1. The van der Waals surface area contributed by atoms with E-state index in [1.807, 2.05) is 6.92 Å². The molecule has 2 atom stereocenters. The van der Waals surface area contributed by atoms with E-state index >= 15 is 0 Å². The maximum absolute atomic E-state index is 12.0. The van der Waals surface area contributed by atoms with Crippen molar-refractivity contribution in [3.63, 3.8) is 0 Å². The summed E-state index contributed by atoms with van der Waals surface area (Å²) in [6.07, 6.45) is 0.848. The maximum Gasteiger partial charge on any atom is 0.265 e. The monoisotopic (exact) mass is 317 g/mol. The summed E-state index contributed by atoms with van der Waals surface area (Å²) in [6, 6.07) is 3.08. The van der Waals surface area contributed by atoms with Gasteiger partial charge in [-0.1, -0.05) is 6.92 Å². The topological polar surface area (TPSA) is 72.5 Å². The Hall–Kier alpha value is -1.27. The zero-order valence-corrected chi connectivity index (χ0v) is 13.0. The SMILES string of the molecule is COc1c(NC(=O)C2CC2C)cc(C)cc1S(=O)(=O)Cl. The van der Waals surface area contributed by atoms with Gasteiger partial charge in [0.15, 0.2) is 5.75 Å². The first kappa shape index (κ1) is 15.1. The summed E-state index contributed by atoms with van der Waals surface area (Å²) in [5, 5.41) is 2.72. The van der Waals surface area contributed by atoms with Crippen LogP contribution in [-0.2, 0) is 13.8 Å². The molecule has 1 N–H and O–H groups in total. The average Bonchev–Trinajstić information content (AvgIpc) is 3.04. The molecule has 110 valence electrons. The number of rotatable bonds is 4. The first-order valence-electron chi connectivity index (χ1n) is 6.18. The van der Waals surface area contributed by atoms with Crippen molar-refractivity contribution < 1.29 is 17.9 Å². The minimum Gasteiger partial charge on any atom is -0.493 e. The Kier molecular flexibility index (Phi) is 3.97. The molecule has 2 unspecified atom stereocenters. The molecule has 1 saturated carbocycles. The van der Waals surface area contributed by atoms with Crippen LogP contribution in [0.15, 0.2) is 17.0 Å². The number of aryl methyl sites for hydroxylation is 1. The Bertz CT molecular complexity index is 657. The first-order chi connectivity index (χ1) is 9.24. The number of hydrogen-bond acceptors (Lipinski definition) is 4. The minimum absolute atomic E-state index is 0.0173. The van der Waals surface area contributed by atoms with Gasteiger partial charge >= 0.3 is 0 Å². The van der Waals surface area contributed by atoms with Crippen LogP contribution in [0.1, 0.15) is 18.9 Å². The Morgan fingerprint density at radius 2 is 2.05 bits per heavy atom. The highest BCUT2D eigenvalue weighted by Crippen LogP contribution is 2.40. The molecular formula is C13H16ClNO4S. The molecule has 1 fully saturated rings. The molecule has 0 saturated heterocycles. The molecule has 5 nitrogen and oxygen atoms in total. The van der Waals surface area contributed by atoms with Crippen molar-refractivity contribution in [1.29, 1.82) is 0 Å². The van der Waals surface area contributed by atoms with E-state index in [0.29, 0.717) is 17.2 Å². The van der Waals surface area contributed by atoms with Crippen LogP contribution in [0.25, 0.3) is 0 Å². The van der Waals surface area contributed by atoms with E-state index < -0.39 is 9.05 Å². The lowest BCUT2D eigenvalue weighted by atomic mass is 10.2. The lowest BCUT2D eigenvalue weighted by molar-refractivity contribution is -0.117.